The van der Waals surface area contributed by atoms with Gasteiger partial charge in [-0.1, -0.05) is 20.8 Å². The topological polar surface area (TPSA) is 115 Å². The molecule has 0 atom stereocenters. The maximum Gasteiger partial charge on any atom is 0.311 e. The lowest BCUT2D eigenvalue weighted by Crippen LogP contribution is -2.35. The maximum absolute atomic E-state index is 12.9. The number of esters is 1. The van der Waals surface area contributed by atoms with Crippen molar-refractivity contribution in [1.29, 1.82) is 0 Å². The van der Waals surface area contributed by atoms with Gasteiger partial charge in [-0.3, -0.25) is 19.0 Å². The van der Waals surface area contributed by atoms with Crippen LogP contribution in [0.15, 0.2) is 10.9 Å². The molecule has 0 aromatic carbocycles. The van der Waals surface area contributed by atoms with Crippen molar-refractivity contribution in [2.24, 2.45) is 5.41 Å². The molecular weight excluding hydrogens is 364 g/mol. The van der Waals surface area contributed by atoms with Crippen molar-refractivity contribution in [3.05, 3.63) is 27.7 Å². The van der Waals surface area contributed by atoms with Crippen LogP contribution < -0.4 is 10.9 Å². The first-order valence-corrected chi connectivity index (χ1v) is 9.41. The molecule has 1 amide bonds. The van der Waals surface area contributed by atoms with Crippen LogP contribution in [0.3, 0.4) is 0 Å². The summed E-state index contributed by atoms with van der Waals surface area (Å²) in [5, 5.41) is 17.7. The summed E-state index contributed by atoms with van der Waals surface area (Å²) in [6.45, 7) is 8.21. The Hall–Kier alpha value is -2.84. The smallest absolute Gasteiger partial charge is 0.311 e. The van der Waals surface area contributed by atoms with E-state index < -0.39 is 23.3 Å². The molecular formula is C19H26N4O5. The lowest BCUT2D eigenvalue weighted by Gasteiger charge is -2.23. The van der Waals surface area contributed by atoms with E-state index in [1.807, 2.05) is 20.8 Å². The number of hydrogen-bond acceptors (Lipinski definition) is 6. The molecule has 152 valence electrons. The highest BCUT2D eigenvalue weighted by atomic mass is 16.5. The van der Waals surface area contributed by atoms with Crippen LogP contribution in [0.1, 0.15) is 56.6 Å². The van der Waals surface area contributed by atoms with Crippen LogP contribution in [0, 0.1) is 5.41 Å². The highest BCUT2D eigenvalue weighted by Gasteiger charge is 2.30. The Balaban J connectivity index is 2.14. The van der Waals surface area contributed by atoms with Crippen LogP contribution in [-0.2, 0) is 22.5 Å². The number of aromatic hydroxyl groups is 1. The molecule has 1 saturated carbocycles. The van der Waals surface area contributed by atoms with Gasteiger partial charge < -0.3 is 15.2 Å². The predicted molar refractivity (Wildman–Crippen MR) is 101 cm³/mol. The maximum atomic E-state index is 12.9. The third-order valence-electron chi connectivity index (χ3n) is 4.31. The average Bonchev–Trinajstić information content (AvgIpc) is 3.28. The van der Waals surface area contributed by atoms with Crippen molar-refractivity contribution in [1.82, 2.24) is 19.5 Å². The molecule has 2 N–H and O–H groups in total. The molecule has 0 spiro atoms. The molecule has 2 aromatic rings. The second-order valence-corrected chi connectivity index (χ2v) is 8.29. The molecule has 2 aromatic heterocycles. The van der Waals surface area contributed by atoms with Crippen molar-refractivity contribution in [3.63, 3.8) is 0 Å². The summed E-state index contributed by atoms with van der Waals surface area (Å²) in [5.74, 6) is -1.47. The van der Waals surface area contributed by atoms with Gasteiger partial charge in [-0.2, -0.15) is 9.61 Å². The van der Waals surface area contributed by atoms with E-state index in [2.05, 4.69) is 10.4 Å². The Kier molecular flexibility index (Phi) is 5.18. The van der Waals surface area contributed by atoms with Gasteiger partial charge in [0.15, 0.2) is 5.56 Å². The minimum atomic E-state index is -0.717. The first-order valence-electron chi connectivity index (χ1n) is 9.41. The Morgan fingerprint density at radius 3 is 2.61 bits per heavy atom. The summed E-state index contributed by atoms with van der Waals surface area (Å²) in [6, 6.07) is 1.60. The SMILES string of the molecule is CCOC(=O)Cc1cc2n(CC(C)(C)C)c(O)c(C(=O)NC3CC3)c(=O)n2n1. The second kappa shape index (κ2) is 7.29. The van der Waals surface area contributed by atoms with E-state index >= 15 is 0 Å². The van der Waals surface area contributed by atoms with E-state index in [0.717, 1.165) is 17.4 Å². The van der Waals surface area contributed by atoms with Gasteiger partial charge in [0.05, 0.1) is 18.7 Å². The number of carbonyl (C=O) groups is 2. The molecule has 9 heteroatoms. The van der Waals surface area contributed by atoms with Gasteiger partial charge in [-0.15, -0.1) is 0 Å². The van der Waals surface area contributed by atoms with Crippen LogP contribution in [0.4, 0.5) is 0 Å². The van der Waals surface area contributed by atoms with Crippen molar-refractivity contribution in [2.75, 3.05) is 6.61 Å². The van der Waals surface area contributed by atoms with E-state index in [9.17, 15) is 19.5 Å². The number of amides is 1. The summed E-state index contributed by atoms with van der Waals surface area (Å²) in [7, 11) is 0. The molecule has 0 radical (unpaired) electrons. The van der Waals surface area contributed by atoms with E-state index in [1.165, 1.54) is 4.57 Å². The molecule has 2 heterocycles. The molecule has 0 saturated heterocycles. The fourth-order valence-corrected chi connectivity index (χ4v) is 2.97. The van der Waals surface area contributed by atoms with E-state index in [0.29, 0.717) is 17.9 Å². The van der Waals surface area contributed by atoms with Gasteiger partial charge in [-0.25, -0.2) is 0 Å². The summed E-state index contributed by atoms with van der Waals surface area (Å²) in [4.78, 5) is 37.2. The molecule has 0 aliphatic heterocycles. The quantitative estimate of drug-likeness (QED) is 0.717. The first kappa shape index (κ1) is 19.9. The van der Waals surface area contributed by atoms with Crippen molar-refractivity contribution < 1.29 is 19.4 Å². The second-order valence-electron chi connectivity index (χ2n) is 8.29. The Bertz CT molecular complexity index is 979. The van der Waals surface area contributed by atoms with E-state index in [-0.39, 0.29) is 30.0 Å². The number of fused-ring (bicyclic) bond motifs is 1. The number of aromatic nitrogens is 3. The molecule has 1 fully saturated rings. The molecule has 3 rings (SSSR count). The van der Waals surface area contributed by atoms with Crippen LogP contribution in [0.5, 0.6) is 5.88 Å². The standard InChI is InChI=1S/C19H26N4O5/c1-5-28-14(24)9-12-8-13-22(10-19(2,3)4)17(26)15(18(27)23(13)21-12)16(25)20-11-6-7-11/h8,11,26H,5-7,9-10H2,1-4H3,(H,20,25). The summed E-state index contributed by atoms with van der Waals surface area (Å²) < 4.78 is 7.49. The average molecular weight is 390 g/mol. The fourth-order valence-electron chi connectivity index (χ4n) is 2.97. The zero-order valence-corrected chi connectivity index (χ0v) is 16.6. The molecule has 1 aliphatic carbocycles. The van der Waals surface area contributed by atoms with Gasteiger partial charge >= 0.3 is 5.97 Å². The predicted octanol–water partition coefficient (Wildman–Crippen LogP) is 1.25. The number of nitrogens with one attached hydrogen (secondary N) is 1. The Morgan fingerprint density at radius 2 is 2.04 bits per heavy atom. The van der Waals surface area contributed by atoms with Gasteiger partial charge in [-0.05, 0) is 25.2 Å². The number of hydrogen-bond donors (Lipinski definition) is 2. The first-order chi connectivity index (χ1) is 13.1. The number of ether oxygens (including phenoxy) is 1. The fraction of sp³-hybridized carbons (Fsp3) is 0.579. The lowest BCUT2D eigenvalue weighted by molar-refractivity contribution is -0.142. The highest BCUT2D eigenvalue weighted by Crippen LogP contribution is 2.26. The van der Waals surface area contributed by atoms with E-state index in [4.69, 9.17) is 4.74 Å². The summed E-state index contributed by atoms with van der Waals surface area (Å²) in [6.07, 6.45) is 1.61. The summed E-state index contributed by atoms with van der Waals surface area (Å²) in [5.41, 5.74) is -0.652. The molecule has 28 heavy (non-hydrogen) atoms. The van der Waals surface area contributed by atoms with Crippen LogP contribution in [-0.4, -0.2) is 43.8 Å². The van der Waals surface area contributed by atoms with Gasteiger partial charge in [0.25, 0.3) is 11.5 Å². The van der Waals surface area contributed by atoms with Crippen LogP contribution in [0.25, 0.3) is 5.65 Å². The van der Waals surface area contributed by atoms with Gasteiger partial charge in [0.1, 0.15) is 5.65 Å². The van der Waals surface area contributed by atoms with Crippen molar-refractivity contribution >= 4 is 17.5 Å². The zero-order chi connectivity index (χ0) is 20.6. The zero-order valence-electron chi connectivity index (χ0n) is 16.6. The molecule has 9 nitrogen and oxygen atoms in total. The normalized spacial score (nSPS) is 14.3. The minimum Gasteiger partial charge on any atom is -0.494 e. The van der Waals surface area contributed by atoms with Crippen LogP contribution >= 0.6 is 0 Å². The third-order valence-corrected chi connectivity index (χ3v) is 4.31. The minimum absolute atomic E-state index is 0.0371. The molecule has 0 unspecified atom stereocenters. The molecule has 1 aliphatic rings. The highest BCUT2D eigenvalue weighted by molar-refractivity contribution is 5.96. The number of carbonyl (C=O) groups excluding carboxylic acids is 2. The van der Waals surface area contributed by atoms with Crippen LogP contribution in [0.2, 0.25) is 0 Å². The summed E-state index contributed by atoms with van der Waals surface area (Å²) >= 11 is 0. The van der Waals surface area contributed by atoms with Crippen molar-refractivity contribution in [3.8, 4) is 5.88 Å². The van der Waals surface area contributed by atoms with Gasteiger partial charge in [0.2, 0.25) is 5.88 Å². The third kappa shape index (κ3) is 4.18. The molecule has 0 bridgehead atoms. The van der Waals surface area contributed by atoms with Gasteiger partial charge in [0, 0.05) is 18.7 Å². The Morgan fingerprint density at radius 1 is 1.36 bits per heavy atom. The van der Waals surface area contributed by atoms with Crippen molar-refractivity contribution in [2.45, 2.75) is 59.5 Å². The monoisotopic (exact) mass is 390 g/mol. The number of nitrogens with zero attached hydrogens (tertiary/aromatic N) is 3. The number of rotatable bonds is 6. The Labute approximate surface area is 162 Å². The largest absolute Gasteiger partial charge is 0.494 e. The van der Waals surface area contributed by atoms with E-state index in [1.54, 1.807) is 13.0 Å². The lowest BCUT2D eigenvalue weighted by atomic mass is 9.96.